The largest absolute Gasteiger partial charge is 0.494 e. The van der Waals surface area contributed by atoms with Crippen LogP contribution in [0.1, 0.15) is 24.8 Å². The van der Waals surface area contributed by atoms with Gasteiger partial charge in [0.1, 0.15) is 5.75 Å². The Kier molecular flexibility index (Phi) is 5.68. The molecule has 1 heterocycles. The van der Waals surface area contributed by atoms with E-state index >= 15 is 0 Å². The Bertz CT molecular complexity index is 629. The van der Waals surface area contributed by atoms with Crippen LogP contribution in [-0.4, -0.2) is 18.3 Å². The summed E-state index contributed by atoms with van der Waals surface area (Å²) in [4.78, 5) is 11.9. The third kappa shape index (κ3) is 3.71. The van der Waals surface area contributed by atoms with Gasteiger partial charge < -0.3 is 10.1 Å². The number of hydrogen-bond acceptors (Lipinski definition) is 4. The number of rotatable bonds is 6. The standard InChI is InChI=1S/C17H18N2O2S/c1-3-9-22-17-15(11-18)14(10-16(20)19-17)12-5-7-13(8-6-12)21-4-2/h3,5-8,14H,1,4,9-10H2,2H3,(H,19,20)/t14-/m1/s1. The first kappa shape index (κ1) is 16.2. The normalized spacial score (nSPS) is 17.6. The fourth-order valence-corrected chi connectivity index (χ4v) is 3.14. The van der Waals surface area contributed by atoms with Crippen molar-refractivity contribution in [1.82, 2.24) is 5.32 Å². The van der Waals surface area contributed by atoms with Crippen LogP contribution in [0.4, 0.5) is 0 Å². The van der Waals surface area contributed by atoms with E-state index in [2.05, 4.69) is 18.0 Å². The molecule has 1 aliphatic rings. The van der Waals surface area contributed by atoms with E-state index in [0.29, 0.717) is 23.0 Å². The van der Waals surface area contributed by atoms with Crippen molar-refractivity contribution in [2.24, 2.45) is 0 Å². The second-order valence-corrected chi connectivity index (χ2v) is 5.79. The van der Waals surface area contributed by atoms with Gasteiger partial charge in [0.25, 0.3) is 0 Å². The maximum absolute atomic E-state index is 11.9. The minimum absolute atomic E-state index is 0.0653. The van der Waals surface area contributed by atoms with Crippen LogP contribution in [-0.2, 0) is 4.79 Å². The SMILES string of the molecule is C=CCSC1=C(C#N)[C@@H](c2ccc(OCC)cc2)CC(=O)N1. The van der Waals surface area contributed by atoms with Crippen LogP contribution in [0.3, 0.4) is 0 Å². The lowest BCUT2D eigenvalue weighted by atomic mass is 9.87. The summed E-state index contributed by atoms with van der Waals surface area (Å²) in [6.07, 6.45) is 2.04. The fourth-order valence-electron chi connectivity index (χ4n) is 2.32. The molecule has 1 aromatic carbocycles. The molecule has 114 valence electrons. The van der Waals surface area contributed by atoms with Gasteiger partial charge in [-0.05, 0) is 24.6 Å². The molecule has 0 aliphatic carbocycles. The quantitative estimate of drug-likeness (QED) is 0.818. The summed E-state index contributed by atoms with van der Waals surface area (Å²) in [6, 6.07) is 9.83. The average molecular weight is 314 g/mol. The smallest absolute Gasteiger partial charge is 0.225 e. The van der Waals surface area contributed by atoms with E-state index in [0.717, 1.165) is 11.3 Å². The minimum Gasteiger partial charge on any atom is -0.494 e. The summed E-state index contributed by atoms with van der Waals surface area (Å²) in [7, 11) is 0. The van der Waals surface area contributed by atoms with Gasteiger partial charge in [-0.3, -0.25) is 4.79 Å². The Morgan fingerprint density at radius 1 is 1.50 bits per heavy atom. The number of allylic oxidation sites excluding steroid dienone is 1. The van der Waals surface area contributed by atoms with Gasteiger partial charge in [-0.15, -0.1) is 18.3 Å². The van der Waals surface area contributed by atoms with Crippen LogP contribution >= 0.6 is 11.8 Å². The maximum atomic E-state index is 11.9. The second kappa shape index (κ2) is 7.71. The number of nitriles is 1. The highest BCUT2D eigenvalue weighted by Gasteiger charge is 2.29. The van der Waals surface area contributed by atoms with E-state index in [-0.39, 0.29) is 18.2 Å². The van der Waals surface area contributed by atoms with Crippen LogP contribution in [0.15, 0.2) is 47.5 Å². The molecule has 1 amide bonds. The summed E-state index contributed by atoms with van der Waals surface area (Å²) in [5, 5.41) is 12.9. The number of nitrogens with one attached hydrogen (secondary N) is 1. The molecule has 2 rings (SSSR count). The fraction of sp³-hybridized carbons (Fsp3) is 0.294. The van der Waals surface area contributed by atoms with Crippen LogP contribution in [0.25, 0.3) is 0 Å². The van der Waals surface area contributed by atoms with Gasteiger partial charge in [-0.1, -0.05) is 18.2 Å². The monoisotopic (exact) mass is 314 g/mol. The Morgan fingerprint density at radius 2 is 2.23 bits per heavy atom. The van der Waals surface area contributed by atoms with Gasteiger partial charge in [-0.2, -0.15) is 5.26 Å². The highest BCUT2D eigenvalue weighted by atomic mass is 32.2. The molecule has 0 bridgehead atoms. The van der Waals surface area contributed by atoms with Crippen molar-refractivity contribution >= 4 is 17.7 Å². The summed E-state index contributed by atoms with van der Waals surface area (Å²) >= 11 is 1.43. The number of amides is 1. The zero-order valence-corrected chi connectivity index (χ0v) is 13.3. The zero-order valence-electron chi connectivity index (χ0n) is 12.5. The van der Waals surface area contributed by atoms with Crippen LogP contribution in [0.2, 0.25) is 0 Å². The van der Waals surface area contributed by atoms with E-state index < -0.39 is 0 Å². The second-order valence-electron chi connectivity index (χ2n) is 4.76. The molecule has 1 aromatic rings. The molecule has 0 unspecified atom stereocenters. The van der Waals surface area contributed by atoms with E-state index in [9.17, 15) is 10.1 Å². The van der Waals surface area contributed by atoms with E-state index in [1.54, 1.807) is 6.08 Å². The van der Waals surface area contributed by atoms with Crippen LogP contribution in [0, 0.1) is 11.3 Å². The summed E-state index contributed by atoms with van der Waals surface area (Å²) in [5.74, 6) is 1.16. The third-order valence-corrected chi connectivity index (χ3v) is 4.31. The lowest BCUT2D eigenvalue weighted by Gasteiger charge is -2.25. The molecule has 0 saturated carbocycles. The first-order valence-corrected chi connectivity index (χ1v) is 8.08. The molecule has 0 spiro atoms. The first-order valence-electron chi connectivity index (χ1n) is 7.10. The molecule has 1 N–H and O–H groups in total. The summed E-state index contributed by atoms with van der Waals surface area (Å²) < 4.78 is 5.43. The van der Waals surface area contributed by atoms with Crippen molar-refractivity contribution < 1.29 is 9.53 Å². The van der Waals surface area contributed by atoms with Crippen molar-refractivity contribution in [2.45, 2.75) is 19.3 Å². The number of carbonyl (C=O) groups excluding carboxylic acids is 1. The van der Waals surface area contributed by atoms with Crippen molar-refractivity contribution in [2.75, 3.05) is 12.4 Å². The molecule has 0 fully saturated rings. The van der Waals surface area contributed by atoms with Gasteiger partial charge in [0.15, 0.2) is 0 Å². The highest BCUT2D eigenvalue weighted by molar-refractivity contribution is 8.03. The predicted molar refractivity (Wildman–Crippen MR) is 88.4 cm³/mol. The Hall–Kier alpha value is -2.19. The van der Waals surface area contributed by atoms with Crippen LogP contribution < -0.4 is 10.1 Å². The maximum Gasteiger partial charge on any atom is 0.225 e. The highest BCUT2D eigenvalue weighted by Crippen LogP contribution is 2.36. The summed E-state index contributed by atoms with van der Waals surface area (Å²) in [5.41, 5.74) is 1.56. The molecular weight excluding hydrogens is 296 g/mol. The Morgan fingerprint density at radius 3 is 2.82 bits per heavy atom. The lowest BCUT2D eigenvalue weighted by molar-refractivity contribution is -0.120. The van der Waals surface area contributed by atoms with Crippen molar-refractivity contribution in [3.05, 3.63) is 53.1 Å². The van der Waals surface area contributed by atoms with Crippen LogP contribution in [0.5, 0.6) is 5.75 Å². The molecule has 0 radical (unpaired) electrons. The number of thioether (sulfide) groups is 1. The predicted octanol–water partition coefficient (Wildman–Crippen LogP) is 3.34. The van der Waals surface area contributed by atoms with Crippen molar-refractivity contribution in [1.29, 1.82) is 5.26 Å². The zero-order chi connectivity index (χ0) is 15.9. The minimum atomic E-state index is -0.207. The van der Waals surface area contributed by atoms with Gasteiger partial charge in [0, 0.05) is 18.1 Å². The van der Waals surface area contributed by atoms with E-state index in [4.69, 9.17) is 4.74 Å². The van der Waals surface area contributed by atoms with Gasteiger partial charge >= 0.3 is 0 Å². The number of hydrogen-bond donors (Lipinski definition) is 1. The van der Waals surface area contributed by atoms with Gasteiger partial charge in [-0.25, -0.2) is 0 Å². The molecule has 0 saturated heterocycles. The Labute approximate surface area is 134 Å². The van der Waals surface area contributed by atoms with Gasteiger partial charge in [0.2, 0.25) is 5.91 Å². The average Bonchev–Trinajstić information content (AvgIpc) is 2.53. The third-order valence-electron chi connectivity index (χ3n) is 3.30. The topological polar surface area (TPSA) is 62.1 Å². The number of benzene rings is 1. The molecule has 4 nitrogen and oxygen atoms in total. The lowest BCUT2D eigenvalue weighted by Crippen LogP contribution is -2.30. The first-order chi connectivity index (χ1) is 10.7. The number of carbonyl (C=O) groups is 1. The molecule has 22 heavy (non-hydrogen) atoms. The Balaban J connectivity index is 2.32. The molecular formula is C17H18N2O2S. The van der Waals surface area contributed by atoms with Crippen molar-refractivity contribution in [3.8, 4) is 11.8 Å². The van der Waals surface area contributed by atoms with E-state index in [1.807, 2.05) is 31.2 Å². The number of nitrogens with zero attached hydrogens (tertiary/aromatic N) is 1. The van der Waals surface area contributed by atoms with Crippen molar-refractivity contribution in [3.63, 3.8) is 0 Å². The molecule has 1 aliphatic heterocycles. The molecule has 5 heteroatoms. The summed E-state index contributed by atoms with van der Waals surface area (Å²) in [6.45, 7) is 6.20. The molecule has 1 atom stereocenters. The van der Waals surface area contributed by atoms with Gasteiger partial charge in [0.05, 0.1) is 23.3 Å². The molecule has 0 aromatic heterocycles. The number of ether oxygens (including phenoxy) is 1. The van der Waals surface area contributed by atoms with E-state index in [1.165, 1.54) is 11.8 Å².